The molecule has 0 N–H and O–H groups in total. The Morgan fingerprint density at radius 3 is 2.31 bits per heavy atom. The van der Waals surface area contributed by atoms with Gasteiger partial charge in [-0.25, -0.2) is 4.79 Å². The fourth-order valence-corrected chi connectivity index (χ4v) is 0.972. The summed E-state index contributed by atoms with van der Waals surface area (Å²) in [4.78, 5) is 11.6. The van der Waals surface area contributed by atoms with Crippen LogP contribution in [-0.2, 0) is 17.5 Å². The van der Waals surface area contributed by atoms with Crippen molar-refractivity contribution >= 4 is 0 Å². The fraction of sp³-hybridized carbons (Fsp3) is 0.750. The highest BCUT2D eigenvalue weighted by molar-refractivity contribution is 4.84. The molecule has 5 heteroatoms. The molecular weight excluding hydrogens is 170 g/mol. The number of hydrogen-bond donors (Lipinski definition) is 0. The van der Waals surface area contributed by atoms with E-state index in [4.69, 9.17) is 4.74 Å². The predicted molar refractivity (Wildman–Crippen MR) is 48.5 cm³/mol. The lowest BCUT2D eigenvalue weighted by atomic mass is 10.3. The van der Waals surface area contributed by atoms with E-state index in [0.29, 0.717) is 5.82 Å². The molecule has 0 saturated carbocycles. The van der Waals surface area contributed by atoms with Crippen molar-refractivity contribution in [3.63, 3.8) is 0 Å². The van der Waals surface area contributed by atoms with E-state index in [1.54, 1.807) is 34.9 Å². The fourth-order valence-electron chi connectivity index (χ4n) is 0.972. The molecular formula is C8H15N3O2. The quantitative estimate of drug-likeness (QED) is 0.662. The SMILES string of the molecule is COC(C)(C)n1nc(C)n(C)c1=O. The standard InChI is InChI=1S/C8H15N3O2/c1-6-9-11(7(12)10(6)4)8(2,3)13-5/h1-5H3. The van der Waals surface area contributed by atoms with Gasteiger partial charge < -0.3 is 4.74 Å². The Hall–Kier alpha value is -1.10. The number of aryl methyl sites for hydroxylation is 1. The maximum atomic E-state index is 11.6. The van der Waals surface area contributed by atoms with Gasteiger partial charge in [0.25, 0.3) is 0 Å². The maximum Gasteiger partial charge on any atom is 0.348 e. The highest BCUT2D eigenvalue weighted by Crippen LogP contribution is 2.11. The Morgan fingerprint density at radius 2 is 2.00 bits per heavy atom. The van der Waals surface area contributed by atoms with Crippen LogP contribution in [0.1, 0.15) is 19.7 Å². The van der Waals surface area contributed by atoms with Crippen molar-refractivity contribution < 1.29 is 4.74 Å². The number of rotatable bonds is 2. The lowest BCUT2D eigenvalue weighted by Gasteiger charge is -2.21. The Bertz CT molecular complexity index is 362. The minimum Gasteiger partial charge on any atom is -0.357 e. The van der Waals surface area contributed by atoms with Gasteiger partial charge in [-0.3, -0.25) is 4.57 Å². The van der Waals surface area contributed by atoms with Gasteiger partial charge in [0.15, 0.2) is 5.72 Å². The number of nitrogens with zero attached hydrogens (tertiary/aromatic N) is 3. The molecule has 0 saturated heterocycles. The minimum absolute atomic E-state index is 0.163. The molecule has 0 aliphatic carbocycles. The van der Waals surface area contributed by atoms with Crippen molar-refractivity contribution in [2.75, 3.05) is 7.11 Å². The Labute approximate surface area is 76.9 Å². The largest absolute Gasteiger partial charge is 0.357 e. The van der Waals surface area contributed by atoms with Crippen molar-refractivity contribution in [1.82, 2.24) is 14.3 Å². The van der Waals surface area contributed by atoms with Crippen LogP contribution < -0.4 is 5.69 Å². The van der Waals surface area contributed by atoms with Crippen molar-refractivity contribution in [1.29, 1.82) is 0 Å². The number of ether oxygens (including phenoxy) is 1. The van der Waals surface area contributed by atoms with Crippen molar-refractivity contribution in [3.8, 4) is 0 Å². The zero-order chi connectivity index (χ0) is 10.2. The second kappa shape index (κ2) is 2.99. The second-order valence-corrected chi connectivity index (χ2v) is 3.45. The van der Waals surface area contributed by atoms with E-state index >= 15 is 0 Å². The van der Waals surface area contributed by atoms with Gasteiger partial charge in [-0.2, -0.15) is 9.78 Å². The van der Waals surface area contributed by atoms with Gasteiger partial charge in [-0.15, -0.1) is 0 Å². The summed E-state index contributed by atoms with van der Waals surface area (Å²) in [6.07, 6.45) is 0. The molecule has 0 fully saturated rings. The number of methoxy groups -OCH3 is 1. The molecule has 0 aliphatic heterocycles. The third-order valence-electron chi connectivity index (χ3n) is 2.21. The average molecular weight is 185 g/mol. The van der Waals surface area contributed by atoms with Crippen LogP contribution in [0.2, 0.25) is 0 Å². The second-order valence-electron chi connectivity index (χ2n) is 3.45. The van der Waals surface area contributed by atoms with Gasteiger partial charge in [0.1, 0.15) is 5.82 Å². The van der Waals surface area contributed by atoms with Crippen molar-refractivity contribution in [2.24, 2.45) is 7.05 Å². The molecule has 1 aromatic heterocycles. The summed E-state index contributed by atoms with van der Waals surface area (Å²) in [7, 11) is 3.24. The van der Waals surface area contributed by atoms with Crippen LogP contribution in [0.4, 0.5) is 0 Å². The molecule has 0 amide bonds. The van der Waals surface area contributed by atoms with Gasteiger partial charge in [0.05, 0.1) is 0 Å². The first kappa shape index (κ1) is 9.98. The average Bonchev–Trinajstić information content (AvgIpc) is 2.33. The van der Waals surface area contributed by atoms with E-state index in [0.717, 1.165) is 0 Å². The molecule has 74 valence electrons. The van der Waals surface area contributed by atoms with Crippen LogP contribution >= 0.6 is 0 Å². The van der Waals surface area contributed by atoms with Crippen LogP contribution in [0.25, 0.3) is 0 Å². The van der Waals surface area contributed by atoms with Crippen LogP contribution in [0.15, 0.2) is 4.79 Å². The molecule has 5 nitrogen and oxygen atoms in total. The van der Waals surface area contributed by atoms with E-state index in [2.05, 4.69) is 5.10 Å². The van der Waals surface area contributed by atoms with Gasteiger partial charge in [-0.1, -0.05) is 0 Å². The first-order valence-electron chi connectivity index (χ1n) is 4.08. The van der Waals surface area contributed by atoms with Gasteiger partial charge in [0, 0.05) is 14.2 Å². The third kappa shape index (κ3) is 1.51. The Kier molecular flexibility index (Phi) is 2.30. The molecule has 0 atom stereocenters. The van der Waals surface area contributed by atoms with E-state index in [-0.39, 0.29) is 5.69 Å². The monoisotopic (exact) mass is 185 g/mol. The first-order chi connectivity index (χ1) is 5.90. The molecule has 0 spiro atoms. The lowest BCUT2D eigenvalue weighted by Crippen LogP contribution is -2.38. The third-order valence-corrected chi connectivity index (χ3v) is 2.21. The smallest absolute Gasteiger partial charge is 0.348 e. The van der Waals surface area contributed by atoms with E-state index in [1.807, 2.05) is 0 Å². The molecule has 1 heterocycles. The first-order valence-corrected chi connectivity index (χ1v) is 4.08. The molecule has 0 bridgehead atoms. The highest BCUT2D eigenvalue weighted by atomic mass is 16.5. The summed E-state index contributed by atoms with van der Waals surface area (Å²) >= 11 is 0. The molecule has 1 rings (SSSR count). The van der Waals surface area contributed by atoms with Gasteiger partial charge in [-0.05, 0) is 20.8 Å². The van der Waals surface area contributed by atoms with E-state index in [9.17, 15) is 4.79 Å². The number of aromatic nitrogens is 3. The summed E-state index contributed by atoms with van der Waals surface area (Å²) in [5.41, 5.74) is -0.854. The van der Waals surface area contributed by atoms with E-state index < -0.39 is 5.72 Å². The number of hydrogen-bond acceptors (Lipinski definition) is 3. The maximum absolute atomic E-state index is 11.6. The summed E-state index contributed by atoms with van der Waals surface area (Å²) < 4.78 is 7.98. The van der Waals surface area contributed by atoms with E-state index in [1.165, 1.54) is 9.25 Å². The topological polar surface area (TPSA) is 49.0 Å². The summed E-state index contributed by atoms with van der Waals surface area (Å²) in [5, 5.41) is 4.09. The highest BCUT2D eigenvalue weighted by Gasteiger charge is 2.24. The summed E-state index contributed by atoms with van der Waals surface area (Å²) in [6, 6.07) is 0. The van der Waals surface area contributed by atoms with Gasteiger partial charge in [0.2, 0.25) is 0 Å². The molecule has 0 aliphatic rings. The molecule has 1 aromatic rings. The Balaban J connectivity index is 3.32. The molecule has 0 unspecified atom stereocenters. The Morgan fingerprint density at radius 1 is 1.46 bits per heavy atom. The van der Waals surface area contributed by atoms with Crippen LogP contribution in [-0.4, -0.2) is 21.5 Å². The molecule has 13 heavy (non-hydrogen) atoms. The summed E-state index contributed by atoms with van der Waals surface area (Å²) in [5.74, 6) is 0.676. The minimum atomic E-state index is -0.691. The summed E-state index contributed by atoms with van der Waals surface area (Å²) in [6.45, 7) is 5.37. The van der Waals surface area contributed by atoms with Crippen LogP contribution in [0.3, 0.4) is 0 Å². The van der Waals surface area contributed by atoms with Crippen molar-refractivity contribution in [3.05, 3.63) is 16.3 Å². The van der Waals surface area contributed by atoms with Crippen molar-refractivity contribution in [2.45, 2.75) is 26.5 Å². The zero-order valence-corrected chi connectivity index (χ0v) is 8.66. The zero-order valence-electron chi connectivity index (χ0n) is 8.66. The molecule has 0 aromatic carbocycles. The van der Waals surface area contributed by atoms with Crippen LogP contribution in [0, 0.1) is 6.92 Å². The van der Waals surface area contributed by atoms with Gasteiger partial charge >= 0.3 is 5.69 Å². The normalized spacial score (nSPS) is 12.1. The predicted octanol–water partition coefficient (Wildman–Crippen LogP) is 0.229. The molecule has 0 radical (unpaired) electrons. The van der Waals surface area contributed by atoms with Crippen LogP contribution in [0.5, 0.6) is 0 Å². The lowest BCUT2D eigenvalue weighted by molar-refractivity contribution is -0.0582.